The molecule has 9 heteroatoms. The lowest BCUT2D eigenvalue weighted by atomic mass is 10.1. The molecule has 9 nitrogen and oxygen atoms in total. The maximum atomic E-state index is 13.0. The first-order valence-corrected chi connectivity index (χ1v) is 38.8. The normalized spacial score (nSPS) is 14.1. The lowest BCUT2D eigenvalue weighted by Gasteiger charge is -2.25. The van der Waals surface area contributed by atoms with Crippen LogP contribution in [0.4, 0.5) is 0 Å². The van der Waals surface area contributed by atoms with Crippen LogP contribution in [-0.4, -0.2) is 87.4 Å². The SMILES string of the molecule is CC/C=C\C/C=C\C/C=C\C/C=C\C/C=C\C/C=C\C/C=C\C/C=C\C/C=C\C/C=C\C/C=C\CCCCCC(=O)OC(COC(=O)CCCCCCCCCC/C=C\C/C=C\C/C=C\C/C=C\C/C=C\C/C=C\C/C=C\C/C=C\C/C=C\C/C=C\CC)COC(OCC[N+](C)(C)C)C(=O)O. The van der Waals surface area contributed by atoms with Crippen LogP contribution in [-0.2, 0) is 33.3 Å². The number of hydrogen-bond donors (Lipinski definition) is 1. The van der Waals surface area contributed by atoms with Crippen LogP contribution in [0.2, 0.25) is 0 Å². The number of aliphatic carboxylic acids is 1. The van der Waals surface area contributed by atoms with Gasteiger partial charge in [0.25, 0.3) is 6.29 Å². The summed E-state index contributed by atoms with van der Waals surface area (Å²) in [5, 5.41) is 9.77. The lowest BCUT2D eigenvalue weighted by Crippen LogP contribution is -2.40. The zero-order valence-electron chi connectivity index (χ0n) is 63.9. The van der Waals surface area contributed by atoms with Crippen LogP contribution in [0, 0.1) is 0 Å². The topological polar surface area (TPSA) is 108 Å². The number of carboxylic acid groups (broad SMARTS) is 1. The number of allylic oxidation sites excluding steroid dienone is 42. The van der Waals surface area contributed by atoms with Crippen molar-refractivity contribution in [3.8, 4) is 0 Å². The van der Waals surface area contributed by atoms with Crippen molar-refractivity contribution in [3.05, 3.63) is 255 Å². The molecule has 0 spiro atoms. The third-order valence-corrected chi connectivity index (χ3v) is 15.3. The fraction of sp³-hybridized carbons (Fsp3) is 0.511. The molecule has 0 aromatic rings. The smallest absolute Gasteiger partial charge is 0.361 e. The van der Waals surface area contributed by atoms with Crippen LogP contribution in [0.3, 0.4) is 0 Å². The van der Waals surface area contributed by atoms with E-state index in [1.54, 1.807) is 0 Å². The molecule has 0 fully saturated rings. The summed E-state index contributed by atoms with van der Waals surface area (Å²) in [6, 6.07) is 0. The van der Waals surface area contributed by atoms with Crippen molar-refractivity contribution in [1.82, 2.24) is 0 Å². The van der Waals surface area contributed by atoms with Crippen LogP contribution >= 0.6 is 0 Å². The molecule has 0 aromatic carbocycles. The fourth-order valence-corrected chi connectivity index (χ4v) is 9.46. The van der Waals surface area contributed by atoms with Crippen molar-refractivity contribution in [2.45, 2.75) is 257 Å². The number of unbranched alkanes of at least 4 members (excludes halogenated alkanes) is 11. The molecule has 0 amide bonds. The molecule has 0 bridgehead atoms. The zero-order valence-corrected chi connectivity index (χ0v) is 63.9. The van der Waals surface area contributed by atoms with Gasteiger partial charge in [0.1, 0.15) is 13.2 Å². The number of carbonyl (C=O) groups is 3. The van der Waals surface area contributed by atoms with Gasteiger partial charge in [-0.15, -0.1) is 0 Å². The van der Waals surface area contributed by atoms with E-state index in [2.05, 4.69) is 269 Å². The average Bonchev–Trinajstić information content (AvgIpc) is 1.25. The monoisotopic (exact) mass is 1390 g/mol. The molecular weight excluding hydrogens is 1250 g/mol. The Morgan fingerprint density at radius 2 is 0.535 bits per heavy atom. The summed E-state index contributed by atoms with van der Waals surface area (Å²) in [6.07, 6.45) is 125. The van der Waals surface area contributed by atoms with Gasteiger partial charge in [0.2, 0.25) is 0 Å². The summed E-state index contributed by atoms with van der Waals surface area (Å²) in [5.74, 6) is -2.09. The van der Waals surface area contributed by atoms with Crippen molar-refractivity contribution in [2.24, 2.45) is 0 Å². The average molecular weight is 1390 g/mol. The number of nitrogens with zero attached hydrogens (tertiary/aromatic N) is 1. The minimum Gasteiger partial charge on any atom is -0.477 e. The Morgan fingerprint density at radius 3 is 0.802 bits per heavy atom. The largest absolute Gasteiger partial charge is 0.477 e. The molecule has 0 aliphatic rings. The fourth-order valence-electron chi connectivity index (χ4n) is 9.46. The van der Waals surface area contributed by atoms with E-state index in [0.29, 0.717) is 17.4 Å². The predicted octanol–water partition coefficient (Wildman–Crippen LogP) is 25.4. The van der Waals surface area contributed by atoms with Gasteiger partial charge in [-0.1, -0.05) is 314 Å². The number of carbonyl (C=O) groups excluding carboxylic acids is 2. The summed E-state index contributed by atoms with van der Waals surface area (Å²) >= 11 is 0. The second-order valence-electron chi connectivity index (χ2n) is 25.8. The number of rotatable bonds is 68. The molecule has 101 heavy (non-hydrogen) atoms. The summed E-state index contributed by atoms with van der Waals surface area (Å²) in [7, 11) is 5.94. The third-order valence-electron chi connectivity index (χ3n) is 15.3. The van der Waals surface area contributed by atoms with Gasteiger partial charge in [0.05, 0.1) is 34.4 Å². The number of quaternary nitrogens is 1. The Balaban J connectivity index is 4.27. The van der Waals surface area contributed by atoms with E-state index < -0.39 is 24.3 Å². The van der Waals surface area contributed by atoms with Gasteiger partial charge in [-0.2, -0.15) is 0 Å². The number of hydrogen-bond acceptors (Lipinski definition) is 7. The first-order valence-electron chi connectivity index (χ1n) is 38.8. The van der Waals surface area contributed by atoms with Gasteiger partial charge in [-0.05, 0) is 173 Å². The van der Waals surface area contributed by atoms with Crippen molar-refractivity contribution in [1.29, 1.82) is 0 Å². The van der Waals surface area contributed by atoms with E-state index in [9.17, 15) is 19.5 Å². The molecule has 2 atom stereocenters. The summed E-state index contributed by atoms with van der Waals surface area (Å²) in [5.41, 5.74) is 0. The predicted molar refractivity (Wildman–Crippen MR) is 437 cm³/mol. The van der Waals surface area contributed by atoms with Gasteiger partial charge in [-0.3, -0.25) is 9.59 Å². The molecule has 560 valence electrons. The molecule has 0 radical (unpaired) electrons. The standard InChI is InChI=1S/C92H139NO8/c1-6-8-10-12-14-16-18-20-22-24-26-28-30-32-34-36-38-40-42-44-45-47-48-50-52-54-56-58-60-62-64-66-68-70-72-74-76-78-80-82-89(94)99-86-88(87-100-92(91(96)97)98-85-84-93(3,4)5)101-90(95)83-81-79-77-75-73-71-69-67-65-63-61-59-57-55-53-51-49-46-43-41-39-37-35-33-31-29-27-25-23-21-19-17-15-13-11-9-7-2/h8-11,14-17,20-23,26-29,32-35,38-41,44-46,48-50,53-56,59-62,65,67,71,73,88,92H,6-7,12-13,18-19,24-25,30-31,36-37,42-43,47,51-52,57-58,63-64,66,68-70,72,74-87H2,1-5H3/p+1/b10-8-,11-9-,16-14-,17-15-,22-20-,23-21-,28-26-,29-27-,34-32-,35-33-,40-38-,41-39-,45-44-,49-46-,50-48-,55-53-,56-54-,61-59-,62-60-,67-65-,73-71-. The molecule has 0 saturated carbocycles. The second-order valence-corrected chi connectivity index (χ2v) is 25.8. The zero-order chi connectivity index (χ0) is 73.2. The van der Waals surface area contributed by atoms with Crippen molar-refractivity contribution < 1.29 is 42.9 Å². The second kappa shape index (κ2) is 78.5. The number of ether oxygens (including phenoxy) is 4. The van der Waals surface area contributed by atoms with Crippen molar-refractivity contribution >= 4 is 17.9 Å². The minimum atomic E-state index is -1.54. The molecule has 1 N–H and O–H groups in total. The van der Waals surface area contributed by atoms with Gasteiger partial charge in [0, 0.05) is 12.8 Å². The van der Waals surface area contributed by atoms with Gasteiger partial charge < -0.3 is 28.5 Å². The first-order chi connectivity index (χ1) is 49.6. The Labute approximate surface area is 617 Å². The molecule has 0 aromatic heterocycles. The van der Waals surface area contributed by atoms with Crippen LogP contribution in [0.25, 0.3) is 0 Å². The maximum Gasteiger partial charge on any atom is 0.361 e. The Hall–Kier alpha value is -7.17. The quantitative estimate of drug-likeness (QED) is 0.0211. The Bertz CT molecular complexity index is 2620. The third kappa shape index (κ3) is 80.0. The van der Waals surface area contributed by atoms with E-state index in [1.165, 1.54) is 25.7 Å². The lowest BCUT2D eigenvalue weighted by molar-refractivity contribution is -0.870. The van der Waals surface area contributed by atoms with E-state index in [1.807, 2.05) is 21.1 Å². The number of carboxylic acids is 1. The van der Waals surface area contributed by atoms with E-state index in [4.69, 9.17) is 18.9 Å². The van der Waals surface area contributed by atoms with E-state index in [0.717, 1.165) is 186 Å². The minimum absolute atomic E-state index is 0.165. The molecule has 2 unspecified atom stereocenters. The highest BCUT2D eigenvalue weighted by atomic mass is 16.7. The van der Waals surface area contributed by atoms with Crippen LogP contribution < -0.4 is 0 Å². The van der Waals surface area contributed by atoms with E-state index >= 15 is 0 Å². The molecular formula is C92H140NO8+. The molecule has 0 heterocycles. The van der Waals surface area contributed by atoms with Crippen LogP contribution in [0.15, 0.2) is 255 Å². The highest BCUT2D eigenvalue weighted by Crippen LogP contribution is 2.14. The van der Waals surface area contributed by atoms with Crippen molar-refractivity contribution in [2.75, 3.05) is 47.5 Å². The first kappa shape index (κ1) is 93.8. The van der Waals surface area contributed by atoms with Crippen molar-refractivity contribution in [3.63, 3.8) is 0 Å². The number of likely N-dealkylation sites (N-methyl/N-ethyl adjacent to an activating group) is 1. The highest BCUT2D eigenvalue weighted by Gasteiger charge is 2.25. The summed E-state index contributed by atoms with van der Waals surface area (Å²) in [4.78, 5) is 37.7. The molecule has 0 saturated heterocycles. The van der Waals surface area contributed by atoms with Crippen LogP contribution in [0.1, 0.15) is 245 Å². The maximum absolute atomic E-state index is 13.0. The Morgan fingerprint density at radius 1 is 0.297 bits per heavy atom. The molecule has 0 aliphatic heterocycles. The summed E-state index contributed by atoms with van der Waals surface area (Å²) in [6.45, 7) is 4.56. The highest BCUT2D eigenvalue weighted by molar-refractivity contribution is 5.71. The van der Waals surface area contributed by atoms with Gasteiger partial charge >= 0.3 is 17.9 Å². The molecule has 0 rings (SSSR count). The van der Waals surface area contributed by atoms with E-state index in [-0.39, 0.29) is 38.6 Å². The Kier molecular flexibility index (Phi) is 73.0. The van der Waals surface area contributed by atoms with Gasteiger partial charge in [-0.25, -0.2) is 4.79 Å². The van der Waals surface area contributed by atoms with Crippen LogP contribution in [0.5, 0.6) is 0 Å². The van der Waals surface area contributed by atoms with Gasteiger partial charge in [0.15, 0.2) is 6.10 Å². The number of esters is 2. The summed E-state index contributed by atoms with van der Waals surface area (Å²) < 4.78 is 22.9. The molecule has 0 aliphatic carbocycles.